The number of nitrogens with two attached hydrogens (primary N) is 1. The highest BCUT2D eigenvalue weighted by atomic mass is 32.1. The summed E-state index contributed by atoms with van der Waals surface area (Å²) < 4.78 is 1.15. The summed E-state index contributed by atoms with van der Waals surface area (Å²) >= 11 is 1.62. The predicted octanol–water partition coefficient (Wildman–Crippen LogP) is 2.82. The van der Waals surface area contributed by atoms with Gasteiger partial charge in [-0.2, -0.15) is 0 Å². The molecule has 1 fully saturated rings. The van der Waals surface area contributed by atoms with Crippen LogP contribution in [-0.4, -0.2) is 16.4 Å². The van der Waals surface area contributed by atoms with E-state index in [9.17, 15) is 4.79 Å². The lowest BCUT2D eigenvalue weighted by atomic mass is 9.76. The van der Waals surface area contributed by atoms with Crippen LogP contribution in [-0.2, 0) is 11.3 Å². The lowest BCUT2D eigenvalue weighted by Gasteiger charge is -2.35. The predicted molar refractivity (Wildman–Crippen MR) is 86.0 cm³/mol. The first kappa shape index (κ1) is 14.5. The molecule has 1 amide bonds. The van der Waals surface area contributed by atoms with Crippen LogP contribution >= 0.6 is 11.3 Å². The summed E-state index contributed by atoms with van der Waals surface area (Å²) in [5.41, 5.74) is 6.59. The molecule has 2 aromatic rings. The van der Waals surface area contributed by atoms with E-state index in [0.717, 1.165) is 34.5 Å². The molecule has 0 radical (unpaired) electrons. The quantitative estimate of drug-likeness (QED) is 0.916. The van der Waals surface area contributed by atoms with Crippen LogP contribution in [0.25, 0.3) is 10.2 Å². The lowest BCUT2D eigenvalue weighted by molar-refractivity contribution is -0.128. The molecular weight excluding hydrogens is 282 g/mol. The number of carbonyl (C=O) groups excluding carboxylic acids is 1. The van der Waals surface area contributed by atoms with Gasteiger partial charge in [-0.1, -0.05) is 31.9 Å². The number of nitrogens with zero attached hydrogens (tertiary/aromatic N) is 1. The third kappa shape index (κ3) is 3.09. The number of hydrogen-bond acceptors (Lipinski definition) is 4. The Morgan fingerprint density at radius 1 is 1.52 bits per heavy atom. The first-order chi connectivity index (χ1) is 10.1. The smallest absolute Gasteiger partial charge is 0.240 e. The minimum Gasteiger partial charge on any atom is -0.348 e. The maximum atomic E-state index is 12.4. The van der Waals surface area contributed by atoms with Crippen LogP contribution in [0.3, 0.4) is 0 Å². The Bertz CT molecular complexity index is 621. The first-order valence-electron chi connectivity index (χ1n) is 7.48. The fourth-order valence-corrected chi connectivity index (χ4v) is 4.03. The second kappa shape index (κ2) is 5.73. The summed E-state index contributed by atoms with van der Waals surface area (Å²) in [6.07, 6.45) is 3.76. The Labute approximate surface area is 128 Å². The van der Waals surface area contributed by atoms with Crippen molar-refractivity contribution in [1.82, 2.24) is 10.3 Å². The average molecular weight is 303 g/mol. The topological polar surface area (TPSA) is 68.0 Å². The molecule has 1 aliphatic carbocycles. The van der Waals surface area contributed by atoms with Crippen LogP contribution < -0.4 is 11.1 Å². The summed E-state index contributed by atoms with van der Waals surface area (Å²) in [5.74, 6) is 0.491. The molecule has 1 aromatic heterocycles. The molecule has 1 aliphatic rings. The molecule has 3 rings (SSSR count). The van der Waals surface area contributed by atoms with E-state index in [4.69, 9.17) is 5.73 Å². The standard InChI is InChI=1S/C16H21N3OS/c1-11-5-4-8-16(17,9-11)15(20)18-10-14-19-12-6-2-3-7-13(12)21-14/h2-3,6-7,11H,4-5,8-10,17H2,1H3,(H,18,20). The monoisotopic (exact) mass is 303 g/mol. The molecule has 0 spiro atoms. The molecule has 2 atom stereocenters. The van der Waals surface area contributed by atoms with Gasteiger partial charge >= 0.3 is 0 Å². The van der Waals surface area contributed by atoms with E-state index in [0.29, 0.717) is 12.5 Å². The normalized spacial score (nSPS) is 25.9. The van der Waals surface area contributed by atoms with Crippen LogP contribution in [0.1, 0.15) is 37.6 Å². The van der Waals surface area contributed by atoms with Gasteiger partial charge in [0, 0.05) is 0 Å². The lowest BCUT2D eigenvalue weighted by Crippen LogP contribution is -2.56. The fraction of sp³-hybridized carbons (Fsp3) is 0.500. The van der Waals surface area contributed by atoms with Gasteiger partial charge in [0.1, 0.15) is 5.01 Å². The molecule has 1 heterocycles. The zero-order valence-corrected chi connectivity index (χ0v) is 13.1. The van der Waals surface area contributed by atoms with Gasteiger partial charge in [-0.15, -0.1) is 11.3 Å². The molecule has 0 bridgehead atoms. The minimum atomic E-state index is -0.700. The number of para-hydroxylation sites is 1. The second-order valence-electron chi connectivity index (χ2n) is 6.12. The Hall–Kier alpha value is -1.46. The second-order valence-corrected chi connectivity index (χ2v) is 7.23. The van der Waals surface area contributed by atoms with E-state index < -0.39 is 5.54 Å². The molecule has 2 unspecified atom stereocenters. The molecule has 1 aromatic carbocycles. The van der Waals surface area contributed by atoms with Crippen LogP contribution in [0.15, 0.2) is 24.3 Å². The number of amides is 1. The van der Waals surface area contributed by atoms with E-state index >= 15 is 0 Å². The third-order valence-electron chi connectivity index (χ3n) is 4.22. The number of fused-ring (bicyclic) bond motifs is 1. The summed E-state index contributed by atoms with van der Waals surface area (Å²) in [4.78, 5) is 16.9. The third-order valence-corrected chi connectivity index (χ3v) is 5.26. The zero-order valence-electron chi connectivity index (χ0n) is 12.3. The number of hydrogen-bond donors (Lipinski definition) is 2. The summed E-state index contributed by atoms with van der Waals surface area (Å²) in [6.45, 7) is 2.63. The summed E-state index contributed by atoms with van der Waals surface area (Å²) in [6, 6.07) is 8.01. The molecule has 0 aliphatic heterocycles. The molecule has 5 heteroatoms. The molecule has 21 heavy (non-hydrogen) atoms. The Morgan fingerprint density at radius 3 is 3.10 bits per heavy atom. The Kier molecular flexibility index (Phi) is 3.95. The number of carbonyl (C=O) groups is 1. The van der Waals surface area contributed by atoms with E-state index in [1.807, 2.05) is 24.3 Å². The SMILES string of the molecule is CC1CCCC(N)(C(=O)NCc2nc3ccccc3s2)C1. The van der Waals surface area contributed by atoms with Gasteiger partial charge in [0.15, 0.2) is 0 Å². The van der Waals surface area contributed by atoms with Gasteiger partial charge in [0.05, 0.1) is 22.3 Å². The van der Waals surface area contributed by atoms with E-state index in [2.05, 4.69) is 17.2 Å². The van der Waals surface area contributed by atoms with Crippen molar-refractivity contribution >= 4 is 27.5 Å². The van der Waals surface area contributed by atoms with E-state index in [1.54, 1.807) is 11.3 Å². The molecule has 0 saturated heterocycles. The van der Waals surface area contributed by atoms with Crippen molar-refractivity contribution in [3.8, 4) is 0 Å². The van der Waals surface area contributed by atoms with Crippen LogP contribution in [0, 0.1) is 5.92 Å². The van der Waals surface area contributed by atoms with Gasteiger partial charge in [-0.05, 0) is 30.9 Å². The highest BCUT2D eigenvalue weighted by Crippen LogP contribution is 2.30. The summed E-state index contributed by atoms with van der Waals surface area (Å²) in [7, 11) is 0. The molecule has 1 saturated carbocycles. The maximum absolute atomic E-state index is 12.4. The van der Waals surface area contributed by atoms with Gasteiger partial charge in [0.2, 0.25) is 5.91 Å². The van der Waals surface area contributed by atoms with Crippen molar-refractivity contribution in [2.45, 2.75) is 44.7 Å². The van der Waals surface area contributed by atoms with E-state index in [-0.39, 0.29) is 5.91 Å². The van der Waals surface area contributed by atoms with Crippen molar-refractivity contribution in [2.75, 3.05) is 0 Å². The fourth-order valence-electron chi connectivity index (χ4n) is 3.13. The van der Waals surface area contributed by atoms with Crippen molar-refractivity contribution in [3.63, 3.8) is 0 Å². The number of rotatable bonds is 3. The largest absolute Gasteiger partial charge is 0.348 e. The minimum absolute atomic E-state index is 0.0340. The highest BCUT2D eigenvalue weighted by molar-refractivity contribution is 7.18. The van der Waals surface area contributed by atoms with Gasteiger partial charge in [-0.3, -0.25) is 4.79 Å². The van der Waals surface area contributed by atoms with Crippen LogP contribution in [0.5, 0.6) is 0 Å². The van der Waals surface area contributed by atoms with Crippen molar-refractivity contribution < 1.29 is 4.79 Å². The molecule has 3 N–H and O–H groups in total. The Morgan fingerprint density at radius 2 is 2.33 bits per heavy atom. The van der Waals surface area contributed by atoms with Crippen LogP contribution in [0.2, 0.25) is 0 Å². The molecular formula is C16H21N3OS. The van der Waals surface area contributed by atoms with Gasteiger partial charge in [-0.25, -0.2) is 4.98 Å². The zero-order chi connectivity index (χ0) is 14.9. The number of thiazole rings is 1. The van der Waals surface area contributed by atoms with Crippen molar-refractivity contribution in [2.24, 2.45) is 11.7 Å². The van der Waals surface area contributed by atoms with E-state index in [1.165, 1.54) is 6.42 Å². The Balaban J connectivity index is 1.65. The number of benzene rings is 1. The van der Waals surface area contributed by atoms with Gasteiger partial charge in [0.25, 0.3) is 0 Å². The number of aromatic nitrogens is 1. The van der Waals surface area contributed by atoms with Crippen molar-refractivity contribution in [1.29, 1.82) is 0 Å². The molecule has 4 nitrogen and oxygen atoms in total. The maximum Gasteiger partial charge on any atom is 0.240 e. The molecule has 112 valence electrons. The number of nitrogens with one attached hydrogen (secondary N) is 1. The summed E-state index contributed by atoms with van der Waals surface area (Å²) in [5, 5.41) is 3.90. The van der Waals surface area contributed by atoms with Gasteiger partial charge < -0.3 is 11.1 Å². The first-order valence-corrected chi connectivity index (χ1v) is 8.30. The highest BCUT2D eigenvalue weighted by Gasteiger charge is 2.37. The van der Waals surface area contributed by atoms with Crippen molar-refractivity contribution in [3.05, 3.63) is 29.3 Å². The average Bonchev–Trinajstić information content (AvgIpc) is 2.87. The van der Waals surface area contributed by atoms with Crippen LogP contribution in [0.4, 0.5) is 0 Å².